The Balaban J connectivity index is 2.06. The molecule has 0 N–H and O–H groups in total. The third kappa shape index (κ3) is 3.69. The first-order chi connectivity index (χ1) is 9.31. The van der Waals surface area contributed by atoms with Gasteiger partial charge in [0, 0.05) is 12.0 Å². The zero-order valence-electron chi connectivity index (χ0n) is 11.3. The molecule has 0 saturated heterocycles. The second-order valence-electron chi connectivity index (χ2n) is 4.62. The highest BCUT2D eigenvalue weighted by molar-refractivity contribution is 6.01. The van der Waals surface area contributed by atoms with Crippen LogP contribution in [-0.2, 0) is 0 Å². The molecule has 0 radical (unpaired) electrons. The van der Waals surface area contributed by atoms with Crippen molar-refractivity contribution >= 4 is 16.6 Å². The molecule has 1 heteroatoms. The van der Waals surface area contributed by atoms with Crippen molar-refractivity contribution in [2.24, 2.45) is 0 Å². The number of rotatable bonds is 4. The van der Waals surface area contributed by atoms with Gasteiger partial charge in [-0.05, 0) is 23.3 Å². The molecule has 0 fully saturated rings. The normalized spacial score (nSPS) is 9.95. The molecule has 0 spiro atoms. The highest BCUT2D eigenvalue weighted by Crippen LogP contribution is 2.16. The van der Waals surface area contributed by atoms with Crippen LogP contribution in [-0.4, -0.2) is 5.78 Å². The zero-order chi connectivity index (χ0) is 13.5. The van der Waals surface area contributed by atoms with E-state index in [0.717, 1.165) is 35.6 Å². The number of carbonyl (C=O) groups is 1. The van der Waals surface area contributed by atoms with Gasteiger partial charge in [-0.1, -0.05) is 55.7 Å². The molecule has 96 valence electrons. The Kier molecular flexibility index (Phi) is 4.75. The van der Waals surface area contributed by atoms with Crippen molar-refractivity contribution in [3.8, 4) is 11.8 Å². The number of hydrogen-bond donors (Lipinski definition) is 0. The van der Waals surface area contributed by atoms with Crippen LogP contribution in [0.15, 0.2) is 42.5 Å². The summed E-state index contributed by atoms with van der Waals surface area (Å²) >= 11 is 0. The molecule has 0 amide bonds. The Bertz CT molecular complexity index is 629. The summed E-state index contributed by atoms with van der Waals surface area (Å²) in [6, 6.07) is 13.9. The average molecular weight is 250 g/mol. The fourth-order valence-electron chi connectivity index (χ4n) is 1.96. The number of fused-ring (bicyclic) bond motifs is 1. The van der Waals surface area contributed by atoms with Crippen molar-refractivity contribution in [1.82, 2.24) is 0 Å². The van der Waals surface area contributed by atoms with Crippen LogP contribution in [0.5, 0.6) is 0 Å². The van der Waals surface area contributed by atoms with Crippen LogP contribution in [0.4, 0.5) is 0 Å². The minimum absolute atomic E-state index is 0.106. The quantitative estimate of drug-likeness (QED) is 0.440. The van der Waals surface area contributed by atoms with Gasteiger partial charge in [-0.2, -0.15) is 0 Å². The first-order valence-electron chi connectivity index (χ1n) is 6.79. The second-order valence-corrected chi connectivity index (χ2v) is 4.62. The molecule has 0 unspecified atom stereocenters. The van der Waals surface area contributed by atoms with E-state index in [0.29, 0.717) is 6.42 Å². The van der Waals surface area contributed by atoms with Crippen LogP contribution >= 0.6 is 0 Å². The monoisotopic (exact) mass is 250 g/mol. The summed E-state index contributed by atoms with van der Waals surface area (Å²) in [6.07, 6.45) is 3.47. The molecule has 0 atom stereocenters. The van der Waals surface area contributed by atoms with Gasteiger partial charge in [0.25, 0.3) is 0 Å². The van der Waals surface area contributed by atoms with E-state index < -0.39 is 0 Å². The summed E-state index contributed by atoms with van der Waals surface area (Å²) in [5.41, 5.74) is 0.753. The highest BCUT2D eigenvalue weighted by Gasteiger charge is 2.04. The predicted molar refractivity (Wildman–Crippen MR) is 80.2 cm³/mol. The molecule has 0 aliphatic rings. The number of ketones is 1. The molecule has 2 aromatic rings. The lowest BCUT2D eigenvalue weighted by Gasteiger charge is -2.00. The predicted octanol–water partition coefficient (Wildman–Crippen LogP) is 4.61. The van der Waals surface area contributed by atoms with Crippen molar-refractivity contribution in [1.29, 1.82) is 0 Å². The number of benzene rings is 2. The molecule has 2 rings (SSSR count). The van der Waals surface area contributed by atoms with E-state index in [1.54, 1.807) is 0 Å². The Hall–Kier alpha value is -2.07. The fourth-order valence-corrected chi connectivity index (χ4v) is 1.96. The Morgan fingerprint density at radius 3 is 2.63 bits per heavy atom. The smallest absolute Gasteiger partial charge is 0.174 e. The Labute approximate surface area is 114 Å². The van der Waals surface area contributed by atoms with Crippen molar-refractivity contribution in [3.05, 3.63) is 48.0 Å². The third-order valence-corrected chi connectivity index (χ3v) is 3.10. The van der Waals surface area contributed by atoms with Crippen molar-refractivity contribution < 1.29 is 4.79 Å². The highest BCUT2D eigenvalue weighted by atomic mass is 16.1. The van der Waals surface area contributed by atoms with Crippen LogP contribution in [0.3, 0.4) is 0 Å². The summed E-state index contributed by atoms with van der Waals surface area (Å²) in [7, 11) is 0. The topological polar surface area (TPSA) is 17.1 Å². The first kappa shape index (κ1) is 13.4. The van der Waals surface area contributed by atoms with E-state index in [4.69, 9.17) is 0 Å². The molecule has 0 heterocycles. The summed E-state index contributed by atoms with van der Waals surface area (Å²) < 4.78 is 0. The van der Waals surface area contributed by atoms with Crippen molar-refractivity contribution in [2.45, 2.75) is 32.6 Å². The third-order valence-electron chi connectivity index (χ3n) is 3.10. The van der Waals surface area contributed by atoms with Crippen LogP contribution < -0.4 is 0 Å². The van der Waals surface area contributed by atoms with E-state index in [9.17, 15) is 4.79 Å². The van der Waals surface area contributed by atoms with Gasteiger partial charge in [-0.3, -0.25) is 4.79 Å². The molecule has 1 nitrogen and oxygen atoms in total. The molecule has 0 bridgehead atoms. The van der Waals surface area contributed by atoms with Crippen LogP contribution in [0.25, 0.3) is 10.8 Å². The summed E-state index contributed by atoms with van der Waals surface area (Å²) in [4.78, 5) is 12.0. The van der Waals surface area contributed by atoms with Gasteiger partial charge < -0.3 is 0 Å². The number of unbranched alkanes of at least 4 members (excludes halogenated alkanes) is 2. The standard InChI is InChI=1S/C18H18O/c1-2-3-4-5-6-11-18(19)17-13-12-15-9-7-8-10-16(15)14-17/h7-10,12-14H,2-4,11H2,1H3. The second kappa shape index (κ2) is 6.75. The maximum atomic E-state index is 12.0. The van der Waals surface area contributed by atoms with Gasteiger partial charge in [0.1, 0.15) is 0 Å². The van der Waals surface area contributed by atoms with Crippen LogP contribution in [0.2, 0.25) is 0 Å². The molecule has 0 saturated carbocycles. The van der Waals surface area contributed by atoms with E-state index in [1.165, 1.54) is 0 Å². The van der Waals surface area contributed by atoms with Gasteiger partial charge in [-0.25, -0.2) is 0 Å². The van der Waals surface area contributed by atoms with E-state index in [1.807, 2.05) is 42.5 Å². The first-order valence-corrected chi connectivity index (χ1v) is 6.79. The van der Waals surface area contributed by atoms with Crippen LogP contribution in [0, 0.1) is 11.8 Å². The Morgan fingerprint density at radius 1 is 1.05 bits per heavy atom. The molecule has 0 aliphatic carbocycles. The van der Waals surface area contributed by atoms with Gasteiger partial charge in [-0.15, -0.1) is 5.92 Å². The molecule has 2 aromatic carbocycles. The molecule has 0 aromatic heterocycles. The lowest BCUT2D eigenvalue weighted by Crippen LogP contribution is -1.96. The van der Waals surface area contributed by atoms with Gasteiger partial charge >= 0.3 is 0 Å². The summed E-state index contributed by atoms with van der Waals surface area (Å²) in [5.74, 6) is 6.13. The summed E-state index contributed by atoms with van der Waals surface area (Å²) in [6.45, 7) is 2.14. The van der Waals surface area contributed by atoms with Crippen molar-refractivity contribution in [3.63, 3.8) is 0 Å². The van der Waals surface area contributed by atoms with E-state index >= 15 is 0 Å². The maximum absolute atomic E-state index is 12.0. The lowest BCUT2D eigenvalue weighted by molar-refractivity contribution is 0.0998. The summed E-state index contributed by atoms with van der Waals surface area (Å²) in [5, 5.41) is 2.26. The van der Waals surface area contributed by atoms with E-state index in [-0.39, 0.29) is 5.78 Å². The molecular formula is C18H18O. The van der Waals surface area contributed by atoms with Gasteiger partial charge in [0.05, 0.1) is 6.42 Å². The van der Waals surface area contributed by atoms with Gasteiger partial charge in [0.2, 0.25) is 0 Å². The minimum atomic E-state index is 0.106. The fraction of sp³-hybridized carbons (Fsp3) is 0.278. The molecule has 19 heavy (non-hydrogen) atoms. The largest absolute Gasteiger partial charge is 0.293 e. The SMILES string of the molecule is CCCCC#CCC(=O)c1ccc2ccccc2c1. The number of Topliss-reactive ketones (excluding diaryl/α,β-unsaturated/α-hetero) is 1. The minimum Gasteiger partial charge on any atom is -0.293 e. The van der Waals surface area contributed by atoms with E-state index in [2.05, 4.69) is 18.8 Å². The number of hydrogen-bond acceptors (Lipinski definition) is 1. The van der Waals surface area contributed by atoms with Crippen LogP contribution in [0.1, 0.15) is 43.0 Å². The Morgan fingerprint density at radius 2 is 1.84 bits per heavy atom. The van der Waals surface area contributed by atoms with Crippen molar-refractivity contribution in [2.75, 3.05) is 0 Å². The average Bonchev–Trinajstić information content (AvgIpc) is 2.46. The number of carbonyl (C=O) groups excluding carboxylic acids is 1. The zero-order valence-corrected chi connectivity index (χ0v) is 11.3. The maximum Gasteiger partial charge on any atom is 0.174 e. The lowest BCUT2D eigenvalue weighted by atomic mass is 10.0. The molecule has 0 aliphatic heterocycles. The van der Waals surface area contributed by atoms with Gasteiger partial charge in [0.15, 0.2) is 5.78 Å². The molecular weight excluding hydrogens is 232 g/mol.